The molecule has 0 saturated carbocycles. The molecule has 7 heteroatoms. The van der Waals surface area contributed by atoms with E-state index in [0.717, 1.165) is 23.4 Å². The number of benzene rings is 2. The first-order chi connectivity index (χ1) is 14.1. The predicted octanol–water partition coefficient (Wildman–Crippen LogP) is 1.97. The number of nitrogens with zero attached hydrogens (tertiary/aromatic N) is 1. The van der Waals surface area contributed by atoms with Crippen LogP contribution in [-0.4, -0.2) is 37.9 Å². The Bertz CT molecular complexity index is 912. The maximum Gasteiger partial charge on any atom is 0.310 e. The maximum absolute atomic E-state index is 12.7. The van der Waals surface area contributed by atoms with E-state index in [1.165, 1.54) is 0 Å². The van der Waals surface area contributed by atoms with Crippen LogP contribution in [0.15, 0.2) is 48.5 Å². The highest BCUT2D eigenvalue weighted by molar-refractivity contribution is 6.35. The number of hydrogen-bond donors (Lipinski definition) is 2. The molecule has 7 nitrogen and oxygen atoms in total. The van der Waals surface area contributed by atoms with Gasteiger partial charge in [0.1, 0.15) is 11.8 Å². The summed E-state index contributed by atoms with van der Waals surface area (Å²) < 4.78 is 5.28. The van der Waals surface area contributed by atoms with Crippen LogP contribution in [0.3, 0.4) is 0 Å². The highest BCUT2D eigenvalue weighted by atomic mass is 16.5. The van der Waals surface area contributed by atoms with Gasteiger partial charge in [0.25, 0.3) is 5.91 Å². The van der Waals surface area contributed by atoms with Crippen LogP contribution in [0.4, 0.5) is 5.69 Å². The van der Waals surface area contributed by atoms with Gasteiger partial charge in [0, 0.05) is 24.3 Å². The molecule has 0 aliphatic carbocycles. The fourth-order valence-electron chi connectivity index (χ4n) is 3.48. The fourth-order valence-corrected chi connectivity index (χ4v) is 3.48. The standard InChI is InChI=1S/C22H25N3O4/c1-3-14-25-17-10-6-5-9-16(17)19(22(25)28)24-21(27)20(26)23-13-12-15-8-4-7-11-18(15)29-2/h4-11,19H,3,12-14H2,1-2H3,(H,23,26)(H,24,27). The summed E-state index contributed by atoms with van der Waals surface area (Å²) in [6, 6.07) is 14.0. The number of nitrogens with one attached hydrogen (secondary N) is 2. The molecule has 0 saturated heterocycles. The Hall–Kier alpha value is -3.35. The van der Waals surface area contributed by atoms with Gasteiger partial charge in [-0.2, -0.15) is 0 Å². The van der Waals surface area contributed by atoms with Crippen LogP contribution in [0.25, 0.3) is 0 Å². The number of amides is 3. The summed E-state index contributed by atoms with van der Waals surface area (Å²) in [6.45, 7) is 2.83. The van der Waals surface area contributed by atoms with E-state index in [-0.39, 0.29) is 12.5 Å². The minimum absolute atomic E-state index is 0.219. The zero-order valence-corrected chi connectivity index (χ0v) is 16.6. The molecular weight excluding hydrogens is 370 g/mol. The molecule has 0 aromatic heterocycles. The number of hydrogen-bond acceptors (Lipinski definition) is 4. The van der Waals surface area contributed by atoms with E-state index in [2.05, 4.69) is 10.6 Å². The summed E-state index contributed by atoms with van der Waals surface area (Å²) >= 11 is 0. The molecule has 1 unspecified atom stereocenters. The quantitative estimate of drug-likeness (QED) is 0.702. The third kappa shape index (κ3) is 4.39. The third-order valence-electron chi connectivity index (χ3n) is 4.85. The Morgan fingerprint density at radius 1 is 1.07 bits per heavy atom. The van der Waals surface area contributed by atoms with Crippen molar-refractivity contribution < 1.29 is 19.1 Å². The summed E-state index contributed by atoms with van der Waals surface area (Å²) in [4.78, 5) is 39.0. The van der Waals surface area contributed by atoms with Gasteiger partial charge in [-0.3, -0.25) is 14.4 Å². The van der Waals surface area contributed by atoms with Gasteiger partial charge in [-0.05, 0) is 30.5 Å². The second-order valence-electron chi connectivity index (χ2n) is 6.77. The number of fused-ring (bicyclic) bond motifs is 1. The molecule has 3 amide bonds. The molecule has 2 N–H and O–H groups in total. The number of rotatable bonds is 7. The summed E-state index contributed by atoms with van der Waals surface area (Å²) in [5.74, 6) is -1.07. The summed E-state index contributed by atoms with van der Waals surface area (Å²) in [7, 11) is 1.59. The van der Waals surface area contributed by atoms with E-state index in [1.54, 1.807) is 18.1 Å². The molecule has 2 aromatic carbocycles. The lowest BCUT2D eigenvalue weighted by atomic mass is 10.1. The molecule has 29 heavy (non-hydrogen) atoms. The molecule has 3 rings (SSSR count). The van der Waals surface area contributed by atoms with Crippen LogP contribution in [0.2, 0.25) is 0 Å². The first-order valence-electron chi connectivity index (χ1n) is 9.67. The molecule has 1 aliphatic rings. The maximum atomic E-state index is 12.7. The zero-order chi connectivity index (χ0) is 20.8. The van der Waals surface area contributed by atoms with E-state index in [9.17, 15) is 14.4 Å². The minimum Gasteiger partial charge on any atom is -0.496 e. The van der Waals surface area contributed by atoms with Crippen molar-refractivity contribution >= 4 is 23.4 Å². The first-order valence-corrected chi connectivity index (χ1v) is 9.67. The average molecular weight is 395 g/mol. The fraction of sp³-hybridized carbons (Fsp3) is 0.318. The van der Waals surface area contributed by atoms with E-state index in [4.69, 9.17) is 4.74 Å². The lowest BCUT2D eigenvalue weighted by Crippen LogP contribution is -2.45. The van der Waals surface area contributed by atoms with Crippen LogP contribution in [0.1, 0.15) is 30.5 Å². The smallest absolute Gasteiger partial charge is 0.310 e. The summed E-state index contributed by atoms with van der Waals surface area (Å²) in [5, 5.41) is 5.18. The monoisotopic (exact) mass is 395 g/mol. The number of para-hydroxylation sites is 2. The van der Waals surface area contributed by atoms with E-state index in [0.29, 0.717) is 18.5 Å². The van der Waals surface area contributed by atoms with Gasteiger partial charge >= 0.3 is 11.8 Å². The second kappa shape index (κ2) is 9.23. The van der Waals surface area contributed by atoms with Crippen LogP contribution in [-0.2, 0) is 20.8 Å². The van der Waals surface area contributed by atoms with E-state index in [1.807, 2.05) is 49.4 Å². The number of ether oxygens (including phenoxy) is 1. The Balaban J connectivity index is 1.59. The second-order valence-corrected chi connectivity index (χ2v) is 6.77. The molecule has 0 spiro atoms. The van der Waals surface area contributed by atoms with Crippen LogP contribution >= 0.6 is 0 Å². The van der Waals surface area contributed by atoms with E-state index >= 15 is 0 Å². The van der Waals surface area contributed by atoms with Crippen LogP contribution < -0.4 is 20.3 Å². The number of carbonyl (C=O) groups excluding carboxylic acids is 3. The molecule has 1 aliphatic heterocycles. The topological polar surface area (TPSA) is 87.7 Å². The lowest BCUT2D eigenvalue weighted by Gasteiger charge is -2.17. The van der Waals surface area contributed by atoms with Crippen molar-refractivity contribution in [3.63, 3.8) is 0 Å². The van der Waals surface area contributed by atoms with Crippen molar-refractivity contribution in [3.8, 4) is 5.75 Å². The molecular formula is C22H25N3O4. The average Bonchev–Trinajstić information content (AvgIpc) is 3.00. The molecule has 0 fully saturated rings. The van der Waals surface area contributed by atoms with Gasteiger partial charge in [0.15, 0.2) is 0 Å². The highest BCUT2D eigenvalue weighted by Crippen LogP contribution is 2.35. The zero-order valence-electron chi connectivity index (χ0n) is 16.6. The van der Waals surface area contributed by atoms with Crippen molar-refractivity contribution in [1.29, 1.82) is 0 Å². The van der Waals surface area contributed by atoms with Gasteiger partial charge in [-0.1, -0.05) is 43.3 Å². The summed E-state index contributed by atoms with van der Waals surface area (Å²) in [6.07, 6.45) is 1.32. The predicted molar refractivity (Wildman–Crippen MR) is 110 cm³/mol. The third-order valence-corrected chi connectivity index (χ3v) is 4.85. The molecule has 1 atom stereocenters. The SMILES string of the molecule is CCCN1C(=O)C(NC(=O)C(=O)NCCc2ccccc2OC)c2ccccc21. The Kier molecular flexibility index (Phi) is 6.49. The number of anilines is 1. The molecule has 1 heterocycles. The summed E-state index contributed by atoms with van der Waals surface area (Å²) in [5.41, 5.74) is 2.42. The normalized spacial score (nSPS) is 15.0. The molecule has 0 bridgehead atoms. The van der Waals surface area contributed by atoms with Gasteiger partial charge in [-0.25, -0.2) is 0 Å². The number of methoxy groups -OCH3 is 1. The van der Waals surface area contributed by atoms with Crippen molar-refractivity contribution in [2.45, 2.75) is 25.8 Å². The first kappa shape index (κ1) is 20.4. The van der Waals surface area contributed by atoms with Gasteiger partial charge in [0.2, 0.25) is 0 Å². The van der Waals surface area contributed by atoms with Gasteiger partial charge < -0.3 is 20.3 Å². The number of carbonyl (C=O) groups is 3. The Morgan fingerprint density at radius 3 is 2.55 bits per heavy atom. The Morgan fingerprint density at radius 2 is 1.79 bits per heavy atom. The van der Waals surface area contributed by atoms with Crippen LogP contribution in [0.5, 0.6) is 5.75 Å². The van der Waals surface area contributed by atoms with E-state index < -0.39 is 17.9 Å². The Labute approximate surface area is 170 Å². The van der Waals surface area contributed by atoms with Gasteiger partial charge in [-0.15, -0.1) is 0 Å². The van der Waals surface area contributed by atoms with Crippen molar-refractivity contribution in [1.82, 2.24) is 10.6 Å². The van der Waals surface area contributed by atoms with Crippen molar-refractivity contribution in [2.75, 3.05) is 25.1 Å². The van der Waals surface area contributed by atoms with Crippen LogP contribution in [0, 0.1) is 0 Å². The minimum atomic E-state index is -0.842. The van der Waals surface area contributed by atoms with Crippen molar-refractivity contribution in [3.05, 3.63) is 59.7 Å². The lowest BCUT2D eigenvalue weighted by molar-refractivity contribution is -0.140. The highest BCUT2D eigenvalue weighted by Gasteiger charge is 2.38. The van der Waals surface area contributed by atoms with Gasteiger partial charge in [0.05, 0.1) is 7.11 Å². The van der Waals surface area contributed by atoms with Crippen molar-refractivity contribution in [2.24, 2.45) is 0 Å². The molecule has 152 valence electrons. The molecule has 0 radical (unpaired) electrons. The largest absolute Gasteiger partial charge is 0.496 e. The molecule has 2 aromatic rings.